The van der Waals surface area contributed by atoms with Gasteiger partial charge in [-0.25, -0.2) is 4.79 Å². The number of nitrogens with zero attached hydrogens (tertiary/aromatic N) is 5. The lowest BCUT2D eigenvalue weighted by Gasteiger charge is -2.42. The fourth-order valence-corrected chi connectivity index (χ4v) is 5.03. The Labute approximate surface area is 216 Å². The maximum Gasteiger partial charge on any atom is 0.516 e. The minimum atomic E-state index is -5.72. The molecule has 1 N–H and O–H groups in total. The van der Waals surface area contributed by atoms with Crippen molar-refractivity contribution in [1.29, 1.82) is 0 Å². The highest BCUT2D eigenvalue weighted by Gasteiger charge is 2.46. The Balaban J connectivity index is 1.99. The Bertz CT molecular complexity index is 1250. The summed E-state index contributed by atoms with van der Waals surface area (Å²) in [5.74, 6) is -0.748. The van der Waals surface area contributed by atoms with Crippen molar-refractivity contribution in [2.45, 2.75) is 57.6 Å². The number of benzene rings is 1. The van der Waals surface area contributed by atoms with Gasteiger partial charge in [-0.15, -0.1) is 20.4 Å². The Kier molecular flexibility index (Phi) is 9.07. The number of halogens is 3. The lowest BCUT2D eigenvalue weighted by atomic mass is 9.92. The number of carbonyl (C=O) groups is 1. The Morgan fingerprint density at radius 3 is 2.62 bits per heavy atom. The van der Waals surface area contributed by atoms with Crippen molar-refractivity contribution < 1.29 is 35.9 Å². The standard InChI is InChI=1S/C21H27F3N6O5S2/c1-5-14-7-6-13-10-15(25-27-20-28-26-18(36-20)19(31)35-9-8-34-4)16(11-17(13)30(14)12(2)3)29-37(32,33)21(22,23)24/h10-12,14,29H,5-9H2,1-4H3. The number of anilines is 2. The number of hydrogen-bond donors (Lipinski definition) is 1. The van der Waals surface area contributed by atoms with Crippen molar-refractivity contribution in [3.05, 3.63) is 22.7 Å². The largest absolute Gasteiger partial charge is 0.516 e. The van der Waals surface area contributed by atoms with Crippen LogP contribution in [0, 0.1) is 0 Å². The number of aryl methyl sites for hydroxylation is 1. The molecule has 1 aromatic heterocycles. The maximum absolute atomic E-state index is 13.2. The first-order chi connectivity index (χ1) is 17.4. The van der Waals surface area contributed by atoms with Gasteiger partial charge in [0.1, 0.15) is 12.3 Å². The Morgan fingerprint density at radius 1 is 1.27 bits per heavy atom. The first-order valence-corrected chi connectivity index (χ1v) is 13.6. The van der Waals surface area contributed by atoms with Crippen LogP contribution in [0.4, 0.5) is 35.4 Å². The van der Waals surface area contributed by atoms with Crippen LogP contribution in [0.2, 0.25) is 0 Å². The number of carbonyl (C=O) groups excluding carboxylic acids is 1. The van der Waals surface area contributed by atoms with Gasteiger partial charge in [-0.1, -0.05) is 18.3 Å². The summed E-state index contributed by atoms with van der Waals surface area (Å²) in [6.07, 6.45) is 2.26. The number of fused-ring (bicyclic) bond motifs is 1. The van der Waals surface area contributed by atoms with E-state index in [1.807, 2.05) is 20.8 Å². The second kappa shape index (κ2) is 11.7. The molecule has 2 heterocycles. The second-order valence-electron chi connectivity index (χ2n) is 8.37. The smallest absolute Gasteiger partial charge is 0.458 e. The van der Waals surface area contributed by atoms with Crippen LogP contribution in [0.1, 0.15) is 49.0 Å². The highest BCUT2D eigenvalue weighted by atomic mass is 32.2. The van der Waals surface area contributed by atoms with E-state index in [0.29, 0.717) is 12.1 Å². The van der Waals surface area contributed by atoms with Gasteiger partial charge in [0, 0.05) is 24.9 Å². The van der Waals surface area contributed by atoms with E-state index in [0.717, 1.165) is 29.7 Å². The second-order valence-corrected chi connectivity index (χ2v) is 11.0. The minimum Gasteiger partial charge on any atom is -0.458 e. The molecule has 1 aromatic carbocycles. The van der Waals surface area contributed by atoms with E-state index in [1.54, 1.807) is 4.72 Å². The zero-order valence-electron chi connectivity index (χ0n) is 20.6. The van der Waals surface area contributed by atoms with Crippen LogP contribution in [0.3, 0.4) is 0 Å². The minimum absolute atomic E-state index is 0.00980. The van der Waals surface area contributed by atoms with E-state index in [2.05, 4.69) is 25.3 Å². The van der Waals surface area contributed by atoms with E-state index < -0.39 is 21.5 Å². The number of nitrogens with one attached hydrogen (secondary N) is 1. The number of aromatic nitrogens is 2. The van der Waals surface area contributed by atoms with Gasteiger partial charge in [0.2, 0.25) is 5.01 Å². The first-order valence-electron chi connectivity index (χ1n) is 11.3. The fourth-order valence-electron chi connectivity index (χ4n) is 3.90. The number of esters is 1. The quantitative estimate of drug-likeness (QED) is 0.243. The molecule has 1 aliphatic heterocycles. The molecule has 11 nitrogen and oxygen atoms in total. The zero-order valence-corrected chi connectivity index (χ0v) is 22.2. The summed E-state index contributed by atoms with van der Waals surface area (Å²) in [7, 11) is -4.28. The summed E-state index contributed by atoms with van der Waals surface area (Å²) in [4.78, 5) is 14.0. The van der Waals surface area contributed by atoms with Crippen molar-refractivity contribution >= 4 is 49.5 Å². The number of alkyl halides is 3. The predicted octanol–water partition coefficient (Wildman–Crippen LogP) is 4.96. The van der Waals surface area contributed by atoms with Crippen LogP contribution in [0.15, 0.2) is 22.4 Å². The van der Waals surface area contributed by atoms with Crippen LogP contribution in [0.5, 0.6) is 0 Å². The molecule has 2 aromatic rings. The summed E-state index contributed by atoms with van der Waals surface area (Å²) < 4.78 is 74.7. The van der Waals surface area contributed by atoms with Crippen LogP contribution < -0.4 is 9.62 Å². The third-order valence-corrected chi connectivity index (χ3v) is 7.43. The van der Waals surface area contributed by atoms with Crippen LogP contribution in [-0.2, 0) is 25.9 Å². The van der Waals surface area contributed by atoms with Gasteiger partial charge in [0.15, 0.2) is 0 Å². The molecule has 0 radical (unpaired) electrons. The van der Waals surface area contributed by atoms with E-state index in [9.17, 15) is 26.4 Å². The zero-order chi connectivity index (χ0) is 27.4. The maximum atomic E-state index is 13.2. The van der Waals surface area contributed by atoms with Crippen LogP contribution in [-0.4, -0.2) is 62.5 Å². The number of methoxy groups -OCH3 is 1. The third kappa shape index (κ3) is 6.73. The first kappa shape index (κ1) is 28.7. The molecule has 0 aliphatic carbocycles. The number of sulfonamides is 1. The molecule has 0 spiro atoms. The third-order valence-electron chi connectivity index (χ3n) is 5.54. The van der Waals surface area contributed by atoms with Crippen molar-refractivity contribution in [2.75, 3.05) is 29.9 Å². The van der Waals surface area contributed by atoms with Crippen molar-refractivity contribution in [2.24, 2.45) is 10.2 Å². The van der Waals surface area contributed by atoms with E-state index in [1.165, 1.54) is 19.2 Å². The normalized spacial score (nSPS) is 16.3. The van der Waals surface area contributed by atoms with Gasteiger partial charge < -0.3 is 14.4 Å². The highest BCUT2D eigenvalue weighted by Crippen LogP contribution is 2.42. The molecule has 16 heteroatoms. The molecule has 1 atom stereocenters. The van der Waals surface area contributed by atoms with Gasteiger partial charge in [0.25, 0.3) is 5.13 Å². The fraction of sp³-hybridized carbons (Fsp3) is 0.571. The predicted molar refractivity (Wildman–Crippen MR) is 131 cm³/mol. The van der Waals surface area contributed by atoms with Crippen molar-refractivity contribution in [1.82, 2.24) is 10.2 Å². The molecule has 3 rings (SSSR count). The average Bonchev–Trinajstić information content (AvgIpc) is 3.30. The lowest BCUT2D eigenvalue weighted by molar-refractivity contribution is -0.0429. The average molecular weight is 565 g/mol. The van der Waals surface area contributed by atoms with Crippen LogP contribution in [0.25, 0.3) is 0 Å². The molecular formula is C21H27F3N6O5S2. The number of hydrogen-bond acceptors (Lipinski definition) is 11. The van der Waals surface area contributed by atoms with Gasteiger partial charge in [-0.2, -0.15) is 21.6 Å². The summed E-state index contributed by atoms with van der Waals surface area (Å²) >= 11 is 0.753. The van der Waals surface area contributed by atoms with E-state index in [4.69, 9.17) is 9.47 Å². The molecule has 0 fully saturated rings. The Hall–Kier alpha value is -2.85. The molecule has 0 saturated heterocycles. The van der Waals surface area contributed by atoms with Crippen molar-refractivity contribution in [3.63, 3.8) is 0 Å². The van der Waals surface area contributed by atoms with Crippen molar-refractivity contribution in [3.8, 4) is 0 Å². The Morgan fingerprint density at radius 2 is 2.00 bits per heavy atom. The SMILES string of the molecule is CCC1CCc2cc(N=Nc3nnc(C(=O)OCCOC)s3)c(NS(=O)(=O)C(F)(F)F)cc2N1C(C)C. The molecule has 0 saturated carbocycles. The van der Waals surface area contributed by atoms with E-state index in [-0.39, 0.29) is 46.8 Å². The number of rotatable bonds is 10. The van der Waals surface area contributed by atoms with Gasteiger partial charge in [-0.3, -0.25) is 4.72 Å². The summed E-state index contributed by atoms with van der Waals surface area (Å²) in [5, 5.41) is 15.0. The summed E-state index contributed by atoms with van der Waals surface area (Å²) in [6, 6.07) is 3.03. The molecule has 1 unspecified atom stereocenters. The molecule has 37 heavy (non-hydrogen) atoms. The topological polar surface area (TPSA) is 135 Å². The summed E-state index contributed by atoms with van der Waals surface area (Å²) in [5.41, 5.74) is -4.63. The molecular weight excluding hydrogens is 537 g/mol. The highest BCUT2D eigenvalue weighted by molar-refractivity contribution is 7.93. The van der Waals surface area contributed by atoms with Crippen LogP contribution >= 0.6 is 11.3 Å². The molecule has 1 aliphatic rings. The van der Waals surface area contributed by atoms with Gasteiger partial charge in [0.05, 0.1) is 12.3 Å². The monoisotopic (exact) mass is 564 g/mol. The molecule has 204 valence electrons. The summed E-state index contributed by atoms with van der Waals surface area (Å²) in [6.45, 7) is 6.14. The molecule has 0 bridgehead atoms. The number of ether oxygens (including phenoxy) is 2. The molecule has 0 amide bonds. The lowest BCUT2D eigenvalue weighted by Crippen LogP contribution is -2.43. The van der Waals surface area contributed by atoms with E-state index >= 15 is 0 Å². The van der Waals surface area contributed by atoms with Gasteiger partial charge >= 0.3 is 21.5 Å². The number of azo groups is 1. The van der Waals surface area contributed by atoms with Gasteiger partial charge in [-0.05, 0) is 50.8 Å².